The van der Waals surface area contributed by atoms with E-state index in [0.717, 1.165) is 12.8 Å². The number of hydrogen-bond acceptors (Lipinski definition) is 3. The minimum Gasteiger partial charge on any atom is -0.377 e. The van der Waals surface area contributed by atoms with E-state index in [1.54, 1.807) is 0 Å². The molecular formula is C15H28N2O2. The van der Waals surface area contributed by atoms with Crippen molar-refractivity contribution >= 4 is 5.91 Å². The quantitative estimate of drug-likeness (QED) is 0.799. The lowest BCUT2D eigenvalue weighted by molar-refractivity contribution is -0.127. The van der Waals surface area contributed by atoms with Crippen molar-refractivity contribution in [3.8, 4) is 0 Å². The van der Waals surface area contributed by atoms with Crippen molar-refractivity contribution in [2.24, 2.45) is 17.6 Å². The number of nitrogens with two attached hydrogens (primary N) is 1. The summed E-state index contributed by atoms with van der Waals surface area (Å²) in [6, 6.07) is 0.158. The Morgan fingerprint density at radius 3 is 2.68 bits per heavy atom. The van der Waals surface area contributed by atoms with Crippen molar-refractivity contribution in [3.63, 3.8) is 0 Å². The average molecular weight is 268 g/mol. The van der Waals surface area contributed by atoms with Gasteiger partial charge in [-0.2, -0.15) is 0 Å². The maximum atomic E-state index is 12.4. The molecule has 1 saturated heterocycles. The molecular weight excluding hydrogens is 240 g/mol. The molecule has 19 heavy (non-hydrogen) atoms. The molecule has 1 aliphatic carbocycles. The molecule has 0 bridgehead atoms. The minimum absolute atomic E-state index is 0.0302. The molecule has 4 nitrogen and oxygen atoms in total. The van der Waals surface area contributed by atoms with Crippen LogP contribution in [0.3, 0.4) is 0 Å². The SMILES string of the molecule is CCC1OCCC1C(=O)NC(CN)C1CCCCC1. The fourth-order valence-electron chi connectivity index (χ4n) is 3.55. The molecule has 0 aromatic rings. The first-order valence-corrected chi connectivity index (χ1v) is 7.88. The molecule has 4 heteroatoms. The molecule has 2 rings (SSSR count). The number of amides is 1. The highest BCUT2D eigenvalue weighted by molar-refractivity contribution is 5.79. The van der Waals surface area contributed by atoms with Crippen molar-refractivity contribution in [3.05, 3.63) is 0 Å². The summed E-state index contributed by atoms with van der Waals surface area (Å²) in [5, 5.41) is 3.20. The van der Waals surface area contributed by atoms with Gasteiger partial charge in [0.25, 0.3) is 0 Å². The van der Waals surface area contributed by atoms with Crippen LogP contribution in [0.2, 0.25) is 0 Å². The second-order valence-electron chi connectivity index (χ2n) is 5.96. The van der Waals surface area contributed by atoms with E-state index < -0.39 is 0 Å². The molecule has 0 aromatic heterocycles. The highest BCUT2D eigenvalue weighted by Crippen LogP contribution is 2.28. The molecule has 0 radical (unpaired) electrons. The van der Waals surface area contributed by atoms with Crippen LogP contribution in [0.15, 0.2) is 0 Å². The monoisotopic (exact) mass is 268 g/mol. The van der Waals surface area contributed by atoms with Crippen molar-refractivity contribution in [1.29, 1.82) is 0 Å². The fourth-order valence-corrected chi connectivity index (χ4v) is 3.55. The van der Waals surface area contributed by atoms with Crippen LogP contribution in [0, 0.1) is 11.8 Å². The van der Waals surface area contributed by atoms with Gasteiger partial charge in [-0.25, -0.2) is 0 Å². The number of nitrogens with one attached hydrogen (secondary N) is 1. The highest BCUT2D eigenvalue weighted by atomic mass is 16.5. The van der Waals surface area contributed by atoms with Gasteiger partial charge in [-0.3, -0.25) is 4.79 Å². The van der Waals surface area contributed by atoms with E-state index in [1.807, 2.05) is 0 Å². The predicted molar refractivity (Wildman–Crippen MR) is 75.7 cm³/mol. The lowest BCUT2D eigenvalue weighted by Gasteiger charge is -2.31. The average Bonchev–Trinajstić information content (AvgIpc) is 2.94. The summed E-state index contributed by atoms with van der Waals surface area (Å²) in [4.78, 5) is 12.4. The number of rotatable bonds is 5. The molecule has 0 aromatic carbocycles. The zero-order valence-electron chi connectivity index (χ0n) is 12.1. The van der Waals surface area contributed by atoms with Crippen molar-refractivity contribution in [2.45, 2.75) is 64.0 Å². The summed E-state index contributed by atoms with van der Waals surface area (Å²) >= 11 is 0. The normalized spacial score (nSPS) is 30.2. The number of ether oxygens (including phenoxy) is 1. The van der Waals surface area contributed by atoms with Crippen LogP contribution < -0.4 is 11.1 Å². The van der Waals surface area contributed by atoms with Gasteiger partial charge in [0.1, 0.15) is 0 Å². The molecule has 3 unspecified atom stereocenters. The third kappa shape index (κ3) is 3.69. The Hall–Kier alpha value is -0.610. The van der Waals surface area contributed by atoms with Gasteiger partial charge in [0.15, 0.2) is 0 Å². The summed E-state index contributed by atoms with van der Waals surface area (Å²) in [7, 11) is 0. The summed E-state index contributed by atoms with van der Waals surface area (Å²) < 4.78 is 5.60. The standard InChI is InChI=1S/C15H28N2O2/c1-2-14-12(8-9-19-14)15(18)17-13(10-16)11-6-4-3-5-7-11/h11-14H,2-10,16H2,1H3,(H,17,18). The van der Waals surface area contributed by atoms with Crippen molar-refractivity contribution in [2.75, 3.05) is 13.2 Å². The molecule has 2 fully saturated rings. The first kappa shape index (κ1) is 14.8. The topological polar surface area (TPSA) is 64.3 Å². The van der Waals surface area contributed by atoms with Gasteiger partial charge in [0, 0.05) is 19.2 Å². The first-order valence-electron chi connectivity index (χ1n) is 7.88. The molecule has 1 amide bonds. The van der Waals surface area contributed by atoms with E-state index in [9.17, 15) is 4.79 Å². The van der Waals surface area contributed by atoms with Crippen LogP contribution in [0.5, 0.6) is 0 Å². The summed E-state index contributed by atoms with van der Waals surface area (Å²) in [6.07, 6.45) is 8.17. The van der Waals surface area contributed by atoms with E-state index in [1.165, 1.54) is 32.1 Å². The number of hydrogen-bond donors (Lipinski definition) is 2. The second kappa shape index (κ2) is 7.25. The van der Waals surface area contributed by atoms with Gasteiger partial charge in [-0.1, -0.05) is 26.2 Å². The van der Waals surface area contributed by atoms with Crippen molar-refractivity contribution in [1.82, 2.24) is 5.32 Å². The van der Waals surface area contributed by atoms with Crippen LogP contribution in [-0.2, 0) is 9.53 Å². The van der Waals surface area contributed by atoms with E-state index in [4.69, 9.17) is 10.5 Å². The predicted octanol–water partition coefficient (Wildman–Crippen LogP) is 1.83. The Balaban J connectivity index is 1.88. The van der Waals surface area contributed by atoms with Gasteiger partial charge in [0.05, 0.1) is 12.0 Å². The smallest absolute Gasteiger partial charge is 0.226 e. The maximum Gasteiger partial charge on any atom is 0.226 e. The molecule has 1 saturated carbocycles. The molecule has 2 aliphatic rings. The largest absolute Gasteiger partial charge is 0.377 e. The Kier molecular flexibility index (Phi) is 5.64. The van der Waals surface area contributed by atoms with Gasteiger partial charge in [-0.05, 0) is 31.6 Å². The van der Waals surface area contributed by atoms with Gasteiger partial charge in [0.2, 0.25) is 5.91 Å². The summed E-state index contributed by atoms with van der Waals surface area (Å²) in [5.74, 6) is 0.762. The molecule has 3 N–H and O–H groups in total. The molecule has 1 heterocycles. The van der Waals surface area contributed by atoms with Crippen LogP contribution in [-0.4, -0.2) is 31.2 Å². The highest BCUT2D eigenvalue weighted by Gasteiger charge is 2.34. The fraction of sp³-hybridized carbons (Fsp3) is 0.933. The Bertz CT molecular complexity index is 290. The van der Waals surface area contributed by atoms with Crippen molar-refractivity contribution < 1.29 is 9.53 Å². The first-order chi connectivity index (χ1) is 9.26. The third-order valence-electron chi connectivity index (χ3n) is 4.75. The lowest BCUT2D eigenvalue weighted by Crippen LogP contribution is -2.49. The second-order valence-corrected chi connectivity index (χ2v) is 5.96. The molecule has 110 valence electrons. The summed E-state index contributed by atoms with van der Waals surface area (Å²) in [6.45, 7) is 3.35. The van der Waals surface area contributed by atoms with Gasteiger partial charge < -0.3 is 15.8 Å². The van der Waals surface area contributed by atoms with Crippen LogP contribution in [0.4, 0.5) is 0 Å². The summed E-state index contributed by atoms with van der Waals surface area (Å²) in [5.41, 5.74) is 5.87. The van der Waals surface area contributed by atoms with Crippen LogP contribution >= 0.6 is 0 Å². The lowest BCUT2D eigenvalue weighted by atomic mass is 9.83. The number of carbonyl (C=O) groups excluding carboxylic acids is 1. The van der Waals surface area contributed by atoms with E-state index in [-0.39, 0.29) is 24.0 Å². The van der Waals surface area contributed by atoms with Gasteiger partial charge >= 0.3 is 0 Å². The van der Waals surface area contributed by atoms with E-state index in [0.29, 0.717) is 19.1 Å². The molecule has 1 aliphatic heterocycles. The molecule has 0 spiro atoms. The zero-order valence-corrected chi connectivity index (χ0v) is 12.1. The third-order valence-corrected chi connectivity index (χ3v) is 4.75. The Morgan fingerprint density at radius 1 is 1.32 bits per heavy atom. The maximum absolute atomic E-state index is 12.4. The number of carbonyl (C=O) groups is 1. The Labute approximate surface area is 116 Å². The minimum atomic E-state index is 0.0302. The van der Waals surface area contributed by atoms with Crippen LogP contribution in [0.1, 0.15) is 51.9 Å². The van der Waals surface area contributed by atoms with Crippen LogP contribution in [0.25, 0.3) is 0 Å². The van der Waals surface area contributed by atoms with E-state index in [2.05, 4.69) is 12.2 Å². The zero-order chi connectivity index (χ0) is 13.7. The van der Waals surface area contributed by atoms with E-state index >= 15 is 0 Å². The Morgan fingerprint density at radius 2 is 2.05 bits per heavy atom. The molecule has 3 atom stereocenters. The van der Waals surface area contributed by atoms with Gasteiger partial charge in [-0.15, -0.1) is 0 Å².